The highest BCUT2D eigenvalue weighted by molar-refractivity contribution is 5.79. The fourth-order valence-corrected chi connectivity index (χ4v) is 2.41. The molecule has 0 aromatic heterocycles. The van der Waals surface area contributed by atoms with E-state index in [9.17, 15) is 28.1 Å². The summed E-state index contributed by atoms with van der Waals surface area (Å²) in [6, 6.07) is 8.49. The molecule has 0 aliphatic heterocycles. The van der Waals surface area contributed by atoms with Crippen molar-refractivity contribution >= 4 is 17.3 Å². The Bertz CT molecular complexity index is 872. The van der Waals surface area contributed by atoms with Crippen LogP contribution < -0.4 is 5.32 Å². The lowest BCUT2D eigenvalue weighted by Crippen LogP contribution is -2.28. The third-order valence-corrected chi connectivity index (χ3v) is 3.58. The van der Waals surface area contributed by atoms with Gasteiger partial charge in [0.05, 0.1) is 10.5 Å². The summed E-state index contributed by atoms with van der Waals surface area (Å²) in [5.74, 6) is -0.596. The molecule has 0 atom stereocenters. The lowest BCUT2D eigenvalue weighted by Gasteiger charge is -2.19. The number of hydrogen-bond donors (Lipinski definition) is 1. The normalized spacial score (nSPS) is 11.8. The van der Waals surface area contributed by atoms with Crippen LogP contribution in [0, 0.1) is 10.1 Å². The summed E-state index contributed by atoms with van der Waals surface area (Å²) in [4.78, 5) is 22.4. The number of ether oxygens (including phenoxy) is 1. The van der Waals surface area contributed by atoms with Gasteiger partial charge in [-0.2, -0.15) is 13.2 Å². The minimum Gasteiger partial charge on any atom is -0.459 e. The van der Waals surface area contributed by atoms with Crippen LogP contribution in [0.25, 0.3) is 11.1 Å². The summed E-state index contributed by atoms with van der Waals surface area (Å²) >= 11 is 0. The lowest BCUT2D eigenvalue weighted by atomic mass is 10.0. The van der Waals surface area contributed by atoms with E-state index in [2.05, 4.69) is 5.32 Å². The number of nitrogens with zero attached hydrogens (tertiary/aromatic N) is 1. The zero-order valence-electron chi connectivity index (χ0n) is 15.5. The second kappa shape index (κ2) is 7.87. The predicted octanol–water partition coefficient (Wildman–Crippen LogP) is 5.03. The third-order valence-electron chi connectivity index (χ3n) is 3.58. The molecule has 2 aromatic carbocycles. The number of carbonyl (C=O) groups is 1. The Morgan fingerprint density at radius 3 is 2.14 bits per heavy atom. The zero-order valence-corrected chi connectivity index (χ0v) is 15.5. The molecule has 0 spiro atoms. The number of anilines is 1. The average molecular weight is 396 g/mol. The molecule has 1 N–H and O–H groups in total. The molecular weight excluding hydrogens is 377 g/mol. The van der Waals surface area contributed by atoms with E-state index in [0.717, 1.165) is 12.1 Å². The Kier molecular flexibility index (Phi) is 5.96. The second-order valence-electron chi connectivity index (χ2n) is 7.00. The predicted molar refractivity (Wildman–Crippen MR) is 97.9 cm³/mol. The van der Waals surface area contributed by atoms with Gasteiger partial charge < -0.3 is 10.1 Å². The van der Waals surface area contributed by atoms with Gasteiger partial charge in [-0.1, -0.05) is 12.1 Å². The van der Waals surface area contributed by atoms with Crippen molar-refractivity contribution in [2.45, 2.75) is 32.5 Å². The number of carbonyl (C=O) groups excluding carboxylic acids is 1. The van der Waals surface area contributed by atoms with Crippen molar-refractivity contribution in [3.05, 3.63) is 58.1 Å². The molecule has 0 fully saturated rings. The van der Waals surface area contributed by atoms with Gasteiger partial charge in [0.15, 0.2) is 0 Å². The molecule has 28 heavy (non-hydrogen) atoms. The summed E-state index contributed by atoms with van der Waals surface area (Å²) < 4.78 is 43.2. The van der Waals surface area contributed by atoms with Gasteiger partial charge in [0, 0.05) is 6.07 Å². The number of benzene rings is 2. The quantitative estimate of drug-likeness (QED) is 0.435. The second-order valence-corrected chi connectivity index (χ2v) is 7.00. The van der Waals surface area contributed by atoms with Gasteiger partial charge in [0.2, 0.25) is 0 Å². The fraction of sp³-hybridized carbons (Fsp3) is 0.316. The van der Waals surface area contributed by atoms with E-state index in [4.69, 9.17) is 4.74 Å². The van der Waals surface area contributed by atoms with Crippen LogP contribution in [0.5, 0.6) is 0 Å². The van der Waals surface area contributed by atoms with Crippen LogP contribution in [0.4, 0.5) is 24.5 Å². The van der Waals surface area contributed by atoms with Crippen molar-refractivity contribution in [2.75, 3.05) is 11.9 Å². The minimum absolute atomic E-state index is 0.0632. The Hall–Kier alpha value is -3.10. The smallest absolute Gasteiger partial charge is 0.416 e. The maximum atomic E-state index is 12.7. The average Bonchev–Trinajstić information content (AvgIpc) is 2.57. The summed E-state index contributed by atoms with van der Waals surface area (Å²) in [5, 5.41) is 13.9. The van der Waals surface area contributed by atoms with E-state index in [-0.39, 0.29) is 17.9 Å². The van der Waals surface area contributed by atoms with E-state index in [1.807, 2.05) is 0 Å². The highest BCUT2D eigenvalue weighted by atomic mass is 19.4. The van der Waals surface area contributed by atoms with Crippen molar-refractivity contribution in [1.82, 2.24) is 0 Å². The molecule has 0 heterocycles. The maximum Gasteiger partial charge on any atom is 0.416 e. The molecule has 0 bridgehead atoms. The number of esters is 1. The minimum atomic E-state index is -4.45. The number of nitro groups is 1. The molecule has 6 nitrogen and oxygen atoms in total. The van der Waals surface area contributed by atoms with Gasteiger partial charge in [0.1, 0.15) is 17.8 Å². The van der Waals surface area contributed by atoms with Crippen molar-refractivity contribution in [3.63, 3.8) is 0 Å². The molecule has 9 heteroatoms. The standard InChI is InChI=1S/C19H19F3N2O4/c1-18(2,3)28-17(25)11-23-15-10-13(6-9-16(15)24(26)27)12-4-7-14(8-5-12)19(20,21)22/h4-10,23H,11H2,1-3H3. The van der Waals surface area contributed by atoms with Gasteiger partial charge in [-0.15, -0.1) is 0 Å². The number of halogens is 3. The molecule has 0 aliphatic carbocycles. The lowest BCUT2D eigenvalue weighted by molar-refractivity contribution is -0.383. The first-order chi connectivity index (χ1) is 12.9. The van der Waals surface area contributed by atoms with Crippen LogP contribution in [0.1, 0.15) is 26.3 Å². The molecule has 0 unspecified atom stereocenters. The molecular formula is C19H19F3N2O4. The molecule has 150 valence electrons. The number of alkyl halides is 3. The molecule has 0 saturated heterocycles. The van der Waals surface area contributed by atoms with Gasteiger partial charge >= 0.3 is 12.1 Å². The first-order valence-corrected chi connectivity index (χ1v) is 8.28. The monoisotopic (exact) mass is 396 g/mol. The van der Waals surface area contributed by atoms with E-state index in [1.54, 1.807) is 20.8 Å². The number of nitrogens with one attached hydrogen (secondary N) is 1. The van der Waals surface area contributed by atoms with Crippen LogP contribution in [0.15, 0.2) is 42.5 Å². The van der Waals surface area contributed by atoms with Crippen LogP contribution >= 0.6 is 0 Å². The molecule has 0 aliphatic rings. The maximum absolute atomic E-state index is 12.7. The van der Waals surface area contributed by atoms with Crippen molar-refractivity contribution < 1.29 is 27.6 Å². The van der Waals surface area contributed by atoms with E-state index >= 15 is 0 Å². The highest BCUT2D eigenvalue weighted by Crippen LogP contribution is 2.33. The summed E-state index contributed by atoms with van der Waals surface area (Å²) in [6.45, 7) is 4.78. The van der Waals surface area contributed by atoms with Crippen LogP contribution in [0.3, 0.4) is 0 Å². The SMILES string of the molecule is CC(C)(C)OC(=O)CNc1cc(-c2ccc(C(F)(F)F)cc2)ccc1[N+](=O)[O-]. The van der Waals surface area contributed by atoms with E-state index in [1.165, 1.54) is 30.3 Å². The first kappa shape index (κ1) is 21.2. The van der Waals surface area contributed by atoms with E-state index < -0.39 is 28.2 Å². The van der Waals surface area contributed by atoms with Crippen LogP contribution in [-0.4, -0.2) is 23.0 Å². The van der Waals surface area contributed by atoms with Gasteiger partial charge in [-0.05, 0) is 56.2 Å². The number of nitro benzene ring substituents is 1. The largest absolute Gasteiger partial charge is 0.459 e. The molecule has 0 radical (unpaired) electrons. The van der Waals surface area contributed by atoms with Gasteiger partial charge in [-0.25, -0.2) is 0 Å². The third kappa shape index (κ3) is 5.70. The van der Waals surface area contributed by atoms with Crippen molar-refractivity contribution in [1.29, 1.82) is 0 Å². The van der Waals surface area contributed by atoms with Crippen LogP contribution in [-0.2, 0) is 15.7 Å². The van der Waals surface area contributed by atoms with E-state index in [0.29, 0.717) is 11.1 Å². The molecule has 2 aromatic rings. The molecule has 0 amide bonds. The molecule has 0 saturated carbocycles. The zero-order chi connectivity index (χ0) is 21.1. The summed E-state index contributed by atoms with van der Waals surface area (Å²) in [6.07, 6.45) is -4.45. The summed E-state index contributed by atoms with van der Waals surface area (Å²) in [5.41, 5.74) is -0.782. The summed E-state index contributed by atoms with van der Waals surface area (Å²) in [7, 11) is 0. The molecule has 2 rings (SSSR count). The van der Waals surface area contributed by atoms with Gasteiger partial charge in [0.25, 0.3) is 5.69 Å². The Labute approximate surface area is 159 Å². The topological polar surface area (TPSA) is 81.5 Å². The number of rotatable bonds is 5. The van der Waals surface area contributed by atoms with Gasteiger partial charge in [-0.3, -0.25) is 14.9 Å². The Morgan fingerprint density at radius 1 is 1.07 bits per heavy atom. The van der Waals surface area contributed by atoms with Crippen molar-refractivity contribution in [2.24, 2.45) is 0 Å². The fourth-order valence-electron chi connectivity index (χ4n) is 2.41. The van der Waals surface area contributed by atoms with Crippen LogP contribution in [0.2, 0.25) is 0 Å². The Balaban J connectivity index is 2.27. The Morgan fingerprint density at radius 2 is 1.64 bits per heavy atom. The number of hydrogen-bond acceptors (Lipinski definition) is 5. The first-order valence-electron chi connectivity index (χ1n) is 8.28. The highest BCUT2D eigenvalue weighted by Gasteiger charge is 2.30. The van der Waals surface area contributed by atoms with Crippen molar-refractivity contribution in [3.8, 4) is 11.1 Å².